The fraction of sp³-hybridized carbons (Fsp3) is 0.412. The minimum Gasteiger partial charge on any atom is -0.337 e. The van der Waals surface area contributed by atoms with Crippen molar-refractivity contribution >= 4 is 15.9 Å². The molecule has 0 spiro atoms. The molecule has 0 aliphatic rings. The Morgan fingerprint density at radius 1 is 1.24 bits per heavy atom. The Hall–Kier alpha value is -2.19. The first-order valence-electron chi connectivity index (χ1n) is 7.85. The van der Waals surface area contributed by atoms with Gasteiger partial charge in [-0.25, -0.2) is 13.1 Å². The lowest BCUT2D eigenvalue weighted by Crippen LogP contribution is -2.40. The summed E-state index contributed by atoms with van der Waals surface area (Å²) < 4.78 is 28.8. The normalized spacial score (nSPS) is 12.2. The van der Waals surface area contributed by atoms with Crippen molar-refractivity contribution in [3.05, 3.63) is 47.8 Å². The molecule has 1 N–H and O–H groups in total. The Morgan fingerprint density at radius 2 is 1.84 bits per heavy atom. The molecule has 0 fully saturated rings. The molecule has 2 rings (SSSR count). The fourth-order valence-electron chi connectivity index (χ4n) is 2.36. The molecule has 136 valence electrons. The number of benzene rings is 1. The Morgan fingerprint density at radius 3 is 2.32 bits per heavy atom. The smallest absolute Gasteiger partial charge is 0.253 e. The van der Waals surface area contributed by atoms with Crippen LogP contribution in [0.2, 0.25) is 0 Å². The van der Waals surface area contributed by atoms with Gasteiger partial charge in [-0.15, -0.1) is 0 Å². The lowest BCUT2D eigenvalue weighted by molar-refractivity contribution is 0.0785. The van der Waals surface area contributed by atoms with Gasteiger partial charge < -0.3 is 4.90 Å². The van der Waals surface area contributed by atoms with Crippen LogP contribution in [0, 0.1) is 0 Å². The van der Waals surface area contributed by atoms with Gasteiger partial charge in [-0.2, -0.15) is 5.10 Å². The van der Waals surface area contributed by atoms with Crippen LogP contribution in [-0.2, 0) is 23.6 Å². The topological polar surface area (TPSA) is 84.3 Å². The third kappa shape index (κ3) is 5.14. The first kappa shape index (κ1) is 19.1. The van der Waals surface area contributed by atoms with E-state index in [0.717, 1.165) is 5.56 Å². The standard InChI is InChI=1S/C17H24N4O3S/c1-17(2,3)19-25(23,24)15-8-6-14(7-9-15)16(22)20(4)11-13-10-18-21(5)12-13/h6-10,12,19H,11H2,1-5H3. The molecule has 7 nitrogen and oxygen atoms in total. The highest BCUT2D eigenvalue weighted by molar-refractivity contribution is 7.89. The van der Waals surface area contributed by atoms with Crippen LogP contribution < -0.4 is 4.72 Å². The third-order valence-electron chi connectivity index (χ3n) is 3.38. The van der Waals surface area contributed by atoms with Crippen LogP contribution in [0.3, 0.4) is 0 Å². The monoisotopic (exact) mass is 364 g/mol. The van der Waals surface area contributed by atoms with Crippen molar-refractivity contribution in [1.29, 1.82) is 0 Å². The molecule has 8 heteroatoms. The summed E-state index contributed by atoms with van der Waals surface area (Å²) in [5.74, 6) is -0.184. The number of rotatable bonds is 5. The zero-order valence-electron chi connectivity index (χ0n) is 15.1. The number of aryl methyl sites for hydroxylation is 1. The van der Waals surface area contributed by atoms with Crippen LogP contribution in [0.1, 0.15) is 36.7 Å². The maximum absolute atomic E-state index is 12.5. The molecule has 0 aliphatic heterocycles. The van der Waals surface area contributed by atoms with Crippen molar-refractivity contribution in [3.63, 3.8) is 0 Å². The van der Waals surface area contributed by atoms with Crippen molar-refractivity contribution in [2.24, 2.45) is 7.05 Å². The van der Waals surface area contributed by atoms with E-state index < -0.39 is 15.6 Å². The maximum Gasteiger partial charge on any atom is 0.253 e. The average Bonchev–Trinajstić information content (AvgIpc) is 2.89. The van der Waals surface area contributed by atoms with Crippen molar-refractivity contribution in [1.82, 2.24) is 19.4 Å². The molecule has 0 aliphatic carbocycles. The Kier molecular flexibility index (Phi) is 5.34. The molecule has 0 unspecified atom stereocenters. The van der Waals surface area contributed by atoms with Crippen LogP contribution in [-0.4, -0.2) is 41.6 Å². The summed E-state index contributed by atoms with van der Waals surface area (Å²) in [7, 11) is -0.101. The van der Waals surface area contributed by atoms with E-state index in [9.17, 15) is 13.2 Å². The van der Waals surface area contributed by atoms with Crippen LogP contribution in [0.15, 0.2) is 41.6 Å². The Labute approximate surface area is 148 Å². The number of sulfonamides is 1. The van der Waals surface area contributed by atoms with E-state index in [0.29, 0.717) is 12.1 Å². The largest absolute Gasteiger partial charge is 0.337 e. The van der Waals surface area contributed by atoms with Gasteiger partial charge in [-0.05, 0) is 45.0 Å². The predicted octanol–water partition coefficient (Wildman–Crippen LogP) is 1.77. The number of carbonyl (C=O) groups excluding carboxylic acids is 1. The van der Waals surface area contributed by atoms with Gasteiger partial charge in [0.1, 0.15) is 0 Å². The molecule has 1 aromatic heterocycles. The van der Waals surface area contributed by atoms with Gasteiger partial charge in [0.15, 0.2) is 0 Å². The Bertz CT molecular complexity index is 849. The lowest BCUT2D eigenvalue weighted by atomic mass is 10.1. The summed E-state index contributed by atoms with van der Waals surface area (Å²) in [6.45, 7) is 5.75. The van der Waals surface area contributed by atoms with Gasteiger partial charge in [0, 0.05) is 43.5 Å². The average molecular weight is 364 g/mol. The number of carbonyl (C=O) groups is 1. The highest BCUT2D eigenvalue weighted by atomic mass is 32.2. The van der Waals surface area contributed by atoms with E-state index in [4.69, 9.17) is 0 Å². The number of hydrogen-bond acceptors (Lipinski definition) is 4. The first-order chi connectivity index (χ1) is 11.5. The zero-order chi connectivity index (χ0) is 18.8. The van der Waals surface area contributed by atoms with E-state index >= 15 is 0 Å². The SMILES string of the molecule is CN(Cc1cnn(C)c1)C(=O)c1ccc(S(=O)(=O)NC(C)(C)C)cc1. The second kappa shape index (κ2) is 6.97. The molecule has 0 radical (unpaired) electrons. The highest BCUT2D eigenvalue weighted by Gasteiger charge is 2.22. The van der Waals surface area contributed by atoms with Gasteiger partial charge in [-0.3, -0.25) is 9.48 Å². The minimum absolute atomic E-state index is 0.133. The van der Waals surface area contributed by atoms with Gasteiger partial charge in [0.05, 0.1) is 11.1 Å². The number of amides is 1. The van der Waals surface area contributed by atoms with Crippen molar-refractivity contribution in [2.45, 2.75) is 37.8 Å². The molecule has 1 heterocycles. The number of nitrogens with one attached hydrogen (secondary N) is 1. The van der Waals surface area contributed by atoms with E-state index in [1.165, 1.54) is 24.3 Å². The van der Waals surface area contributed by atoms with E-state index in [-0.39, 0.29) is 10.8 Å². The molecule has 0 bridgehead atoms. The van der Waals surface area contributed by atoms with Gasteiger partial charge in [0.2, 0.25) is 10.0 Å². The van der Waals surface area contributed by atoms with Crippen molar-refractivity contribution in [3.8, 4) is 0 Å². The van der Waals surface area contributed by atoms with Gasteiger partial charge >= 0.3 is 0 Å². The predicted molar refractivity (Wildman–Crippen MR) is 95.5 cm³/mol. The summed E-state index contributed by atoms with van der Waals surface area (Å²) in [6.07, 6.45) is 3.55. The third-order valence-corrected chi connectivity index (χ3v) is 5.15. The molecule has 25 heavy (non-hydrogen) atoms. The van der Waals surface area contributed by atoms with Gasteiger partial charge in [-0.1, -0.05) is 0 Å². The molecular formula is C17H24N4O3S. The summed E-state index contributed by atoms with van der Waals surface area (Å²) in [4.78, 5) is 14.2. The number of aromatic nitrogens is 2. The molecule has 1 aromatic carbocycles. The molecule has 0 saturated carbocycles. The second-order valence-electron chi connectivity index (χ2n) is 7.06. The molecule has 0 saturated heterocycles. The Balaban J connectivity index is 2.12. The first-order valence-corrected chi connectivity index (χ1v) is 9.33. The summed E-state index contributed by atoms with van der Waals surface area (Å²) in [5.41, 5.74) is 0.782. The molecule has 2 aromatic rings. The second-order valence-corrected chi connectivity index (χ2v) is 8.75. The molecular weight excluding hydrogens is 340 g/mol. The van der Waals surface area contributed by atoms with Crippen molar-refractivity contribution < 1.29 is 13.2 Å². The molecule has 0 atom stereocenters. The summed E-state index contributed by atoms with van der Waals surface area (Å²) in [6, 6.07) is 5.94. The van der Waals surface area contributed by atoms with Crippen LogP contribution in [0.4, 0.5) is 0 Å². The van der Waals surface area contributed by atoms with Crippen LogP contribution >= 0.6 is 0 Å². The maximum atomic E-state index is 12.5. The summed E-state index contributed by atoms with van der Waals surface area (Å²) in [5, 5.41) is 4.07. The minimum atomic E-state index is -3.61. The van der Waals surface area contributed by atoms with E-state index in [1.54, 1.807) is 43.6 Å². The van der Waals surface area contributed by atoms with E-state index in [1.807, 2.05) is 13.2 Å². The fourth-order valence-corrected chi connectivity index (χ4v) is 3.78. The summed E-state index contributed by atoms with van der Waals surface area (Å²) >= 11 is 0. The number of hydrogen-bond donors (Lipinski definition) is 1. The van der Waals surface area contributed by atoms with E-state index in [2.05, 4.69) is 9.82 Å². The lowest BCUT2D eigenvalue weighted by Gasteiger charge is -2.20. The molecule has 1 amide bonds. The van der Waals surface area contributed by atoms with Crippen molar-refractivity contribution in [2.75, 3.05) is 7.05 Å². The van der Waals surface area contributed by atoms with Gasteiger partial charge in [0.25, 0.3) is 5.91 Å². The van der Waals surface area contributed by atoms with Crippen LogP contribution in [0.25, 0.3) is 0 Å². The number of nitrogens with zero attached hydrogens (tertiary/aromatic N) is 3. The van der Waals surface area contributed by atoms with Crippen LogP contribution in [0.5, 0.6) is 0 Å². The zero-order valence-corrected chi connectivity index (χ0v) is 16.0. The highest BCUT2D eigenvalue weighted by Crippen LogP contribution is 2.15. The quantitative estimate of drug-likeness (QED) is 0.876.